The van der Waals surface area contributed by atoms with E-state index in [2.05, 4.69) is 9.97 Å². The molecule has 0 saturated carbocycles. The SMILES string of the molecule is COc1ncccc1CSc1ccc(N)nc1. The molecule has 0 radical (unpaired) electrons. The molecule has 88 valence electrons. The molecule has 0 aliphatic rings. The Morgan fingerprint density at radius 2 is 2.18 bits per heavy atom. The third-order valence-electron chi connectivity index (χ3n) is 2.20. The van der Waals surface area contributed by atoms with E-state index in [1.54, 1.807) is 37.3 Å². The molecule has 2 aromatic rings. The van der Waals surface area contributed by atoms with Gasteiger partial charge in [0, 0.05) is 28.6 Å². The van der Waals surface area contributed by atoms with Gasteiger partial charge in [-0.15, -0.1) is 11.8 Å². The standard InChI is InChI=1S/C12H13N3OS/c1-16-12-9(3-2-6-14-12)8-17-10-4-5-11(13)15-7-10/h2-7H,8H2,1H3,(H2,13,15). The smallest absolute Gasteiger partial charge is 0.217 e. The fourth-order valence-corrected chi connectivity index (χ4v) is 2.19. The molecule has 2 aromatic heterocycles. The Labute approximate surface area is 104 Å². The van der Waals surface area contributed by atoms with Crippen molar-refractivity contribution >= 4 is 17.6 Å². The highest BCUT2D eigenvalue weighted by Crippen LogP contribution is 2.26. The second-order valence-electron chi connectivity index (χ2n) is 3.38. The molecule has 0 saturated heterocycles. The second-order valence-corrected chi connectivity index (χ2v) is 4.43. The van der Waals surface area contributed by atoms with Crippen LogP contribution in [0.15, 0.2) is 41.6 Å². The van der Waals surface area contributed by atoms with Gasteiger partial charge in [-0.3, -0.25) is 0 Å². The molecule has 0 aliphatic carbocycles. The number of anilines is 1. The molecular formula is C12H13N3OS. The molecule has 0 fully saturated rings. The Kier molecular flexibility index (Phi) is 3.82. The minimum Gasteiger partial charge on any atom is -0.481 e. The van der Waals surface area contributed by atoms with Crippen molar-refractivity contribution in [2.24, 2.45) is 0 Å². The van der Waals surface area contributed by atoms with E-state index in [0.29, 0.717) is 11.7 Å². The van der Waals surface area contributed by atoms with E-state index in [1.165, 1.54) is 0 Å². The maximum absolute atomic E-state index is 5.53. The largest absolute Gasteiger partial charge is 0.481 e. The van der Waals surface area contributed by atoms with E-state index in [-0.39, 0.29) is 0 Å². The van der Waals surface area contributed by atoms with Crippen LogP contribution in [0.25, 0.3) is 0 Å². The average Bonchev–Trinajstić information content (AvgIpc) is 2.38. The van der Waals surface area contributed by atoms with Gasteiger partial charge in [-0.25, -0.2) is 9.97 Å². The summed E-state index contributed by atoms with van der Waals surface area (Å²) < 4.78 is 5.19. The van der Waals surface area contributed by atoms with Crippen molar-refractivity contribution in [1.82, 2.24) is 9.97 Å². The number of nitrogens with zero attached hydrogens (tertiary/aromatic N) is 2. The number of pyridine rings is 2. The van der Waals surface area contributed by atoms with Gasteiger partial charge in [0.05, 0.1) is 7.11 Å². The third-order valence-corrected chi connectivity index (χ3v) is 3.23. The van der Waals surface area contributed by atoms with Crippen molar-refractivity contribution in [1.29, 1.82) is 0 Å². The molecule has 0 spiro atoms. The Morgan fingerprint density at radius 1 is 1.29 bits per heavy atom. The van der Waals surface area contributed by atoms with Crippen LogP contribution in [0.1, 0.15) is 5.56 Å². The van der Waals surface area contributed by atoms with E-state index < -0.39 is 0 Å². The predicted molar refractivity (Wildman–Crippen MR) is 69.0 cm³/mol. The number of hydrogen-bond donors (Lipinski definition) is 1. The van der Waals surface area contributed by atoms with Gasteiger partial charge in [-0.05, 0) is 18.2 Å². The first-order valence-electron chi connectivity index (χ1n) is 5.12. The fraction of sp³-hybridized carbons (Fsp3) is 0.167. The van der Waals surface area contributed by atoms with Gasteiger partial charge in [0.15, 0.2) is 0 Å². The summed E-state index contributed by atoms with van der Waals surface area (Å²) in [4.78, 5) is 9.27. The van der Waals surface area contributed by atoms with Crippen molar-refractivity contribution in [2.75, 3.05) is 12.8 Å². The maximum Gasteiger partial charge on any atom is 0.217 e. The molecule has 0 bridgehead atoms. The zero-order valence-electron chi connectivity index (χ0n) is 9.46. The van der Waals surface area contributed by atoms with Crippen molar-refractivity contribution in [3.8, 4) is 5.88 Å². The minimum absolute atomic E-state index is 0.535. The number of aromatic nitrogens is 2. The summed E-state index contributed by atoms with van der Waals surface area (Å²) in [5, 5.41) is 0. The number of rotatable bonds is 4. The first-order valence-corrected chi connectivity index (χ1v) is 6.10. The number of hydrogen-bond acceptors (Lipinski definition) is 5. The van der Waals surface area contributed by atoms with Gasteiger partial charge in [0.1, 0.15) is 5.82 Å². The molecule has 0 aromatic carbocycles. The van der Waals surface area contributed by atoms with Crippen LogP contribution in [-0.2, 0) is 5.75 Å². The monoisotopic (exact) mass is 247 g/mol. The van der Waals surface area contributed by atoms with E-state index in [1.807, 2.05) is 18.2 Å². The van der Waals surface area contributed by atoms with Gasteiger partial charge in [-0.2, -0.15) is 0 Å². The van der Waals surface area contributed by atoms with Gasteiger partial charge >= 0.3 is 0 Å². The van der Waals surface area contributed by atoms with Crippen molar-refractivity contribution in [3.05, 3.63) is 42.2 Å². The van der Waals surface area contributed by atoms with Crippen LogP contribution >= 0.6 is 11.8 Å². The van der Waals surface area contributed by atoms with Gasteiger partial charge in [-0.1, -0.05) is 6.07 Å². The van der Waals surface area contributed by atoms with E-state index in [9.17, 15) is 0 Å². The molecule has 2 heterocycles. The first kappa shape index (κ1) is 11.7. The molecule has 17 heavy (non-hydrogen) atoms. The van der Waals surface area contributed by atoms with Crippen LogP contribution in [0.2, 0.25) is 0 Å². The molecule has 0 unspecified atom stereocenters. The van der Waals surface area contributed by atoms with Crippen LogP contribution in [0.3, 0.4) is 0 Å². The van der Waals surface area contributed by atoms with Crippen molar-refractivity contribution in [3.63, 3.8) is 0 Å². The molecule has 5 heteroatoms. The molecule has 2 N–H and O–H groups in total. The van der Waals surface area contributed by atoms with Crippen LogP contribution in [0, 0.1) is 0 Å². The first-order chi connectivity index (χ1) is 8.29. The van der Waals surface area contributed by atoms with Crippen molar-refractivity contribution < 1.29 is 4.74 Å². The van der Waals surface area contributed by atoms with E-state index in [4.69, 9.17) is 10.5 Å². The Hall–Kier alpha value is -1.75. The summed E-state index contributed by atoms with van der Waals surface area (Å²) >= 11 is 1.67. The van der Waals surface area contributed by atoms with Gasteiger partial charge in [0.25, 0.3) is 0 Å². The van der Waals surface area contributed by atoms with Gasteiger partial charge in [0.2, 0.25) is 5.88 Å². The summed E-state index contributed by atoms with van der Waals surface area (Å²) in [6.07, 6.45) is 3.49. The summed E-state index contributed by atoms with van der Waals surface area (Å²) in [5.74, 6) is 2.00. The summed E-state index contributed by atoms with van der Waals surface area (Å²) in [7, 11) is 1.63. The number of thioether (sulfide) groups is 1. The predicted octanol–water partition coefficient (Wildman–Crippen LogP) is 2.36. The van der Waals surface area contributed by atoms with Crippen LogP contribution in [-0.4, -0.2) is 17.1 Å². The molecule has 0 atom stereocenters. The lowest BCUT2D eigenvalue weighted by Crippen LogP contribution is -1.93. The normalized spacial score (nSPS) is 10.2. The summed E-state index contributed by atoms with van der Waals surface area (Å²) in [6.45, 7) is 0. The number of nitrogen functional groups attached to an aromatic ring is 1. The van der Waals surface area contributed by atoms with E-state index in [0.717, 1.165) is 16.2 Å². The fourth-order valence-electron chi connectivity index (χ4n) is 1.36. The molecule has 0 amide bonds. The maximum atomic E-state index is 5.53. The molecule has 2 rings (SSSR count). The molecule has 0 aliphatic heterocycles. The van der Waals surface area contributed by atoms with E-state index >= 15 is 0 Å². The zero-order chi connectivity index (χ0) is 12.1. The van der Waals surface area contributed by atoms with Crippen LogP contribution < -0.4 is 10.5 Å². The zero-order valence-corrected chi connectivity index (χ0v) is 10.3. The van der Waals surface area contributed by atoms with Crippen LogP contribution in [0.4, 0.5) is 5.82 Å². The average molecular weight is 247 g/mol. The van der Waals surface area contributed by atoms with Gasteiger partial charge < -0.3 is 10.5 Å². The Morgan fingerprint density at radius 3 is 2.88 bits per heavy atom. The van der Waals surface area contributed by atoms with Crippen molar-refractivity contribution in [2.45, 2.75) is 10.6 Å². The number of ether oxygens (including phenoxy) is 1. The number of nitrogens with two attached hydrogens (primary N) is 1. The third kappa shape index (κ3) is 3.10. The second kappa shape index (κ2) is 5.54. The summed E-state index contributed by atoms with van der Waals surface area (Å²) in [5.41, 5.74) is 6.60. The minimum atomic E-state index is 0.535. The highest BCUT2D eigenvalue weighted by molar-refractivity contribution is 7.98. The van der Waals surface area contributed by atoms with Crippen LogP contribution in [0.5, 0.6) is 5.88 Å². The Bertz CT molecular complexity index is 487. The molecular weight excluding hydrogens is 234 g/mol. The lowest BCUT2D eigenvalue weighted by Gasteiger charge is -2.06. The lowest BCUT2D eigenvalue weighted by molar-refractivity contribution is 0.394. The quantitative estimate of drug-likeness (QED) is 0.840. The highest BCUT2D eigenvalue weighted by Gasteiger charge is 2.04. The molecule has 4 nitrogen and oxygen atoms in total. The lowest BCUT2D eigenvalue weighted by atomic mass is 10.3. The highest BCUT2D eigenvalue weighted by atomic mass is 32.2. The topological polar surface area (TPSA) is 61.0 Å². The number of methoxy groups -OCH3 is 1. The summed E-state index contributed by atoms with van der Waals surface area (Å²) in [6, 6.07) is 7.65. The Balaban J connectivity index is 2.04.